The minimum Gasteiger partial charge on any atom is -0.330 e. The number of nitriles is 1. The zero-order valence-electron chi connectivity index (χ0n) is 13.1. The van der Waals surface area contributed by atoms with Gasteiger partial charge in [0, 0.05) is 0 Å². The number of rotatable bonds is 4. The van der Waals surface area contributed by atoms with Crippen molar-refractivity contribution in [1.82, 2.24) is 10.9 Å². The molecule has 2 aromatic rings. The Morgan fingerprint density at radius 3 is 2.35 bits per heavy atom. The van der Waals surface area contributed by atoms with Gasteiger partial charge in [-0.2, -0.15) is 18.4 Å². The smallest absolute Gasteiger partial charge is 0.330 e. The van der Waals surface area contributed by atoms with Crippen LogP contribution in [0, 0.1) is 11.3 Å². The van der Waals surface area contributed by atoms with Crippen LogP contribution >= 0.6 is 23.8 Å². The number of hydrazine groups is 1. The molecular formula is C17H12ClF3N4S. The molecule has 0 fully saturated rings. The summed E-state index contributed by atoms with van der Waals surface area (Å²) in [6.45, 7) is 3.80. The lowest BCUT2D eigenvalue weighted by Gasteiger charge is -2.16. The van der Waals surface area contributed by atoms with Crippen LogP contribution in [0.5, 0.6) is 0 Å². The molecule has 3 N–H and O–H groups in total. The van der Waals surface area contributed by atoms with Crippen molar-refractivity contribution in [2.24, 2.45) is 0 Å². The van der Waals surface area contributed by atoms with Gasteiger partial charge in [-0.05, 0) is 48.1 Å². The number of hydrogen-bond donors (Lipinski definition) is 3. The van der Waals surface area contributed by atoms with Crippen molar-refractivity contribution in [3.8, 4) is 6.07 Å². The third-order valence-corrected chi connectivity index (χ3v) is 3.76. The van der Waals surface area contributed by atoms with Gasteiger partial charge < -0.3 is 5.32 Å². The second-order valence-electron chi connectivity index (χ2n) is 5.06. The highest BCUT2D eigenvalue weighted by molar-refractivity contribution is 7.80. The number of alkyl halides is 3. The van der Waals surface area contributed by atoms with Gasteiger partial charge in [0.2, 0.25) is 0 Å². The second-order valence-corrected chi connectivity index (χ2v) is 5.88. The number of nitrogens with zero attached hydrogens (tertiary/aromatic N) is 1. The van der Waals surface area contributed by atoms with E-state index in [0.29, 0.717) is 16.8 Å². The number of anilines is 1. The molecular weight excluding hydrogens is 385 g/mol. The van der Waals surface area contributed by atoms with E-state index >= 15 is 0 Å². The van der Waals surface area contributed by atoms with Crippen LogP contribution in [0.2, 0.25) is 5.02 Å². The molecule has 2 aromatic carbocycles. The van der Waals surface area contributed by atoms with Crippen LogP contribution in [0.4, 0.5) is 18.9 Å². The Morgan fingerprint density at radius 1 is 1.12 bits per heavy atom. The van der Waals surface area contributed by atoms with Crippen LogP contribution in [0.15, 0.2) is 49.0 Å². The highest BCUT2D eigenvalue weighted by atomic mass is 35.5. The fourth-order valence-corrected chi connectivity index (χ4v) is 2.23. The van der Waals surface area contributed by atoms with E-state index in [1.165, 1.54) is 0 Å². The van der Waals surface area contributed by atoms with Gasteiger partial charge in [0.1, 0.15) is 0 Å². The highest BCUT2D eigenvalue weighted by Crippen LogP contribution is 2.33. The largest absolute Gasteiger partial charge is 0.416 e. The maximum atomic E-state index is 12.8. The van der Waals surface area contributed by atoms with Crippen molar-refractivity contribution >= 4 is 40.3 Å². The van der Waals surface area contributed by atoms with E-state index in [-0.39, 0.29) is 15.8 Å². The van der Waals surface area contributed by atoms with Crippen molar-refractivity contribution in [3.63, 3.8) is 0 Å². The van der Waals surface area contributed by atoms with Gasteiger partial charge in [-0.1, -0.05) is 30.3 Å². The minimum absolute atomic E-state index is 0.000944. The molecule has 26 heavy (non-hydrogen) atoms. The maximum Gasteiger partial charge on any atom is 0.416 e. The fourth-order valence-electron chi connectivity index (χ4n) is 1.90. The summed E-state index contributed by atoms with van der Waals surface area (Å²) >= 11 is 10.9. The summed E-state index contributed by atoms with van der Waals surface area (Å²) in [7, 11) is 0. The monoisotopic (exact) mass is 396 g/mol. The van der Waals surface area contributed by atoms with E-state index < -0.39 is 11.7 Å². The van der Waals surface area contributed by atoms with Gasteiger partial charge in [-0.25, -0.2) is 0 Å². The summed E-state index contributed by atoms with van der Waals surface area (Å²) in [4.78, 5) is 0. The lowest BCUT2D eigenvalue weighted by Crippen LogP contribution is -2.38. The molecule has 0 atom stereocenters. The quantitative estimate of drug-likeness (QED) is 0.517. The molecule has 2 rings (SSSR count). The van der Waals surface area contributed by atoms with Crippen molar-refractivity contribution in [3.05, 3.63) is 70.8 Å². The average molecular weight is 397 g/mol. The zero-order chi connectivity index (χ0) is 19.3. The van der Waals surface area contributed by atoms with Crippen LogP contribution < -0.4 is 16.2 Å². The molecule has 0 amide bonds. The molecule has 134 valence electrons. The molecule has 0 spiro atoms. The van der Waals surface area contributed by atoms with Crippen LogP contribution in [0.25, 0.3) is 5.70 Å². The molecule has 0 saturated carbocycles. The SMILES string of the molecule is C=C(NNC(=S)Nc1cc(C(F)(F)F)ccc1Cl)c1ccc(C#N)cc1. The van der Waals surface area contributed by atoms with Crippen molar-refractivity contribution < 1.29 is 13.2 Å². The first kappa shape index (κ1) is 19.6. The van der Waals surface area contributed by atoms with Crippen LogP contribution in [0.1, 0.15) is 16.7 Å². The summed E-state index contributed by atoms with van der Waals surface area (Å²) in [6.07, 6.45) is -4.49. The Labute approximate surface area is 158 Å². The lowest BCUT2D eigenvalue weighted by atomic mass is 10.1. The summed E-state index contributed by atoms with van der Waals surface area (Å²) in [6, 6.07) is 11.5. The Bertz CT molecular complexity index is 873. The number of benzene rings is 2. The first-order valence-electron chi connectivity index (χ1n) is 7.10. The standard InChI is InChI=1S/C17H12ClF3N4S/c1-10(12-4-2-11(9-22)3-5-12)24-25-16(26)23-15-8-13(17(19,20)21)6-7-14(15)18/h2-8,24H,1H2,(H2,23,25,26). The molecule has 0 aromatic heterocycles. The van der Waals surface area contributed by atoms with E-state index in [1.54, 1.807) is 24.3 Å². The third-order valence-electron chi connectivity index (χ3n) is 3.23. The van der Waals surface area contributed by atoms with E-state index in [4.69, 9.17) is 29.1 Å². The van der Waals surface area contributed by atoms with Gasteiger partial charge in [0.15, 0.2) is 5.11 Å². The number of nitrogens with one attached hydrogen (secondary N) is 3. The first-order chi connectivity index (χ1) is 12.2. The summed E-state index contributed by atoms with van der Waals surface area (Å²) in [5.74, 6) is 0. The maximum absolute atomic E-state index is 12.8. The minimum atomic E-state index is -4.49. The number of halogens is 4. The molecule has 0 aliphatic heterocycles. The van der Waals surface area contributed by atoms with Crippen LogP contribution in [0.3, 0.4) is 0 Å². The van der Waals surface area contributed by atoms with E-state index in [1.807, 2.05) is 6.07 Å². The Balaban J connectivity index is 1.98. The predicted octanol–water partition coefficient (Wildman–Crippen LogP) is 4.69. The fraction of sp³-hybridized carbons (Fsp3) is 0.0588. The van der Waals surface area contributed by atoms with Crippen LogP contribution in [-0.4, -0.2) is 5.11 Å². The van der Waals surface area contributed by atoms with Crippen LogP contribution in [-0.2, 0) is 6.18 Å². The number of thiocarbonyl (C=S) groups is 1. The Morgan fingerprint density at radius 2 is 1.77 bits per heavy atom. The number of hydrogen-bond acceptors (Lipinski definition) is 3. The lowest BCUT2D eigenvalue weighted by molar-refractivity contribution is -0.137. The second kappa shape index (κ2) is 8.08. The van der Waals surface area contributed by atoms with Gasteiger partial charge in [-0.15, -0.1) is 0 Å². The third kappa shape index (κ3) is 5.12. The normalized spacial score (nSPS) is 10.6. The zero-order valence-corrected chi connectivity index (χ0v) is 14.7. The van der Waals surface area contributed by atoms with Gasteiger partial charge in [0.25, 0.3) is 0 Å². The summed E-state index contributed by atoms with van der Waals surface area (Å²) in [5, 5.41) is 11.4. The molecule has 0 unspecified atom stereocenters. The molecule has 4 nitrogen and oxygen atoms in total. The predicted molar refractivity (Wildman–Crippen MR) is 99.1 cm³/mol. The van der Waals surface area contributed by atoms with Gasteiger partial charge in [-0.3, -0.25) is 10.9 Å². The Hall–Kier alpha value is -2.76. The molecule has 0 bridgehead atoms. The van der Waals surface area contributed by atoms with Gasteiger partial charge in [0.05, 0.1) is 33.6 Å². The highest BCUT2D eigenvalue weighted by Gasteiger charge is 2.31. The topological polar surface area (TPSA) is 59.9 Å². The Kier molecular flexibility index (Phi) is 6.08. The molecule has 0 saturated heterocycles. The van der Waals surface area contributed by atoms with Crippen molar-refractivity contribution in [1.29, 1.82) is 5.26 Å². The van der Waals surface area contributed by atoms with Crippen molar-refractivity contribution in [2.45, 2.75) is 6.18 Å². The molecule has 9 heteroatoms. The average Bonchev–Trinajstić information content (AvgIpc) is 2.60. The van der Waals surface area contributed by atoms with Gasteiger partial charge >= 0.3 is 6.18 Å². The molecule has 0 heterocycles. The molecule has 0 radical (unpaired) electrons. The summed E-state index contributed by atoms with van der Waals surface area (Å²) < 4.78 is 38.3. The van der Waals surface area contributed by atoms with E-state index in [9.17, 15) is 13.2 Å². The van der Waals surface area contributed by atoms with E-state index in [0.717, 1.165) is 18.2 Å². The molecule has 0 aliphatic rings. The van der Waals surface area contributed by atoms with E-state index in [2.05, 4.69) is 22.7 Å². The first-order valence-corrected chi connectivity index (χ1v) is 7.88. The summed E-state index contributed by atoms with van der Waals surface area (Å²) in [5.41, 5.74) is 6.17. The van der Waals surface area contributed by atoms with Crippen molar-refractivity contribution in [2.75, 3.05) is 5.32 Å². The molecule has 0 aliphatic carbocycles.